The molecule has 1 N–H and O–H groups in total. The number of nitro groups is 1. The zero-order valence-electron chi connectivity index (χ0n) is 11.6. The number of ether oxygens (including phenoxy) is 1. The summed E-state index contributed by atoms with van der Waals surface area (Å²) in [6.07, 6.45) is 2.64. The van der Waals surface area contributed by atoms with E-state index in [1.165, 1.54) is 0 Å². The van der Waals surface area contributed by atoms with Gasteiger partial charge in [0.1, 0.15) is 5.69 Å². The van der Waals surface area contributed by atoms with Gasteiger partial charge in [0.15, 0.2) is 0 Å². The first-order chi connectivity index (χ1) is 9.70. The van der Waals surface area contributed by atoms with E-state index in [1.807, 2.05) is 13.0 Å². The van der Waals surface area contributed by atoms with Crippen LogP contribution in [-0.4, -0.2) is 29.9 Å². The summed E-state index contributed by atoms with van der Waals surface area (Å²) in [6.45, 7) is 3.47. The molecule has 1 unspecified atom stereocenters. The highest BCUT2D eigenvalue weighted by Crippen LogP contribution is 2.28. The second-order valence-electron chi connectivity index (χ2n) is 4.79. The second kappa shape index (κ2) is 7.50. The van der Waals surface area contributed by atoms with Crippen molar-refractivity contribution >= 4 is 23.1 Å². The van der Waals surface area contributed by atoms with Crippen molar-refractivity contribution in [1.82, 2.24) is 0 Å². The van der Waals surface area contributed by atoms with Gasteiger partial charge in [-0.05, 0) is 31.4 Å². The maximum atomic E-state index is 11.1. The zero-order chi connectivity index (χ0) is 14.4. The quantitative estimate of drug-likeness (QED) is 0.617. The molecule has 0 amide bonds. The molecule has 1 fully saturated rings. The number of nitrogens with one attached hydrogen (secondary N) is 1. The molecule has 0 aromatic heterocycles. The van der Waals surface area contributed by atoms with Crippen LogP contribution in [0.25, 0.3) is 0 Å². The summed E-state index contributed by atoms with van der Waals surface area (Å²) < 4.78 is 5.56. The summed E-state index contributed by atoms with van der Waals surface area (Å²) in [5.74, 6) is 1.75. The minimum absolute atomic E-state index is 0.155. The van der Waals surface area contributed by atoms with Crippen LogP contribution in [0, 0.1) is 10.1 Å². The fourth-order valence-electron chi connectivity index (χ4n) is 2.24. The molecule has 5 nitrogen and oxygen atoms in total. The Hall–Kier alpha value is -1.27. The molecule has 1 saturated heterocycles. The summed E-state index contributed by atoms with van der Waals surface area (Å²) >= 11 is 1.78. The summed E-state index contributed by atoms with van der Waals surface area (Å²) in [7, 11) is 0. The molecule has 0 saturated carbocycles. The lowest BCUT2D eigenvalue weighted by atomic mass is 10.2. The van der Waals surface area contributed by atoms with Crippen LogP contribution in [0.1, 0.15) is 25.3 Å². The van der Waals surface area contributed by atoms with Crippen molar-refractivity contribution in [3.8, 4) is 0 Å². The lowest BCUT2D eigenvalue weighted by molar-refractivity contribution is -0.384. The van der Waals surface area contributed by atoms with Crippen molar-refractivity contribution in [1.29, 1.82) is 0 Å². The lowest BCUT2D eigenvalue weighted by Crippen LogP contribution is -2.08. The Morgan fingerprint density at radius 2 is 2.40 bits per heavy atom. The Morgan fingerprint density at radius 1 is 1.55 bits per heavy atom. The highest BCUT2D eigenvalue weighted by Gasteiger charge is 2.16. The summed E-state index contributed by atoms with van der Waals surface area (Å²) in [4.78, 5) is 10.7. The number of benzene rings is 1. The van der Waals surface area contributed by atoms with Gasteiger partial charge in [0.25, 0.3) is 5.69 Å². The van der Waals surface area contributed by atoms with Crippen LogP contribution in [0.5, 0.6) is 0 Å². The molecule has 20 heavy (non-hydrogen) atoms. The van der Waals surface area contributed by atoms with Crippen molar-refractivity contribution in [3.05, 3.63) is 33.9 Å². The lowest BCUT2D eigenvalue weighted by Gasteiger charge is -2.09. The molecule has 6 heteroatoms. The topological polar surface area (TPSA) is 64.4 Å². The molecule has 0 spiro atoms. The third-order valence-corrected chi connectivity index (χ3v) is 4.37. The van der Waals surface area contributed by atoms with Gasteiger partial charge in [0.05, 0.1) is 11.0 Å². The fourth-order valence-corrected chi connectivity index (χ4v) is 3.30. The fraction of sp³-hybridized carbons (Fsp3) is 0.571. The Balaban J connectivity index is 1.93. The van der Waals surface area contributed by atoms with Crippen LogP contribution in [0.15, 0.2) is 18.2 Å². The first-order valence-corrected chi connectivity index (χ1v) is 8.06. The maximum Gasteiger partial charge on any atom is 0.292 e. The van der Waals surface area contributed by atoms with Gasteiger partial charge in [-0.2, -0.15) is 11.8 Å². The highest BCUT2D eigenvalue weighted by atomic mass is 32.2. The van der Waals surface area contributed by atoms with Gasteiger partial charge in [0.2, 0.25) is 0 Å². The maximum absolute atomic E-state index is 11.1. The van der Waals surface area contributed by atoms with E-state index >= 15 is 0 Å². The Morgan fingerprint density at radius 3 is 3.05 bits per heavy atom. The number of rotatable bonds is 7. The Kier molecular flexibility index (Phi) is 5.67. The molecule has 1 aromatic rings. The van der Waals surface area contributed by atoms with Crippen molar-refractivity contribution < 1.29 is 9.66 Å². The average Bonchev–Trinajstić information content (AvgIpc) is 2.93. The third kappa shape index (κ3) is 4.11. The van der Waals surface area contributed by atoms with E-state index in [4.69, 9.17) is 4.74 Å². The Labute approximate surface area is 123 Å². The van der Waals surface area contributed by atoms with Crippen LogP contribution < -0.4 is 5.32 Å². The van der Waals surface area contributed by atoms with E-state index in [-0.39, 0.29) is 10.6 Å². The van der Waals surface area contributed by atoms with E-state index in [1.54, 1.807) is 23.9 Å². The molecular weight excluding hydrogens is 276 g/mol. The van der Waals surface area contributed by atoms with E-state index in [0.29, 0.717) is 18.3 Å². The average molecular weight is 296 g/mol. The van der Waals surface area contributed by atoms with Gasteiger partial charge < -0.3 is 10.1 Å². The van der Waals surface area contributed by atoms with Gasteiger partial charge >= 0.3 is 0 Å². The predicted octanol–water partition coefficient (Wildman–Crippen LogP) is 3.44. The van der Waals surface area contributed by atoms with Crippen molar-refractivity contribution in [2.24, 2.45) is 0 Å². The van der Waals surface area contributed by atoms with Crippen LogP contribution in [0.4, 0.5) is 11.4 Å². The minimum Gasteiger partial charge on any atom is -0.380 e. The first kappa shape index (κ1) is 15.1. The van der Waals surface area contributed by atoms with Crippen molar-refractivity contribution in [2.45, 2.75) is 31.6 Å². The third-order valence-electron chi connectivity index (χ3n) is 3.22. The van der Waals surface area contributed by atoms with Crippen LogP contribution in [0.3, 0.4) is 0 Å². The number of hydrogen-bond acceptors (Lipinski definition) is 5. The number of hydrogen-bond donors (Lipinski definition) is 1. The van der Waals surface area contributed by atoms with Gasteiger partial charge in [-0.3, -0.25) is 10.1 Å². The molecule has 110 valence electrons. The molecule has 0 aliphatic carbocycles. The number of anilines is 1. The molecule has 1 aromatic carbocycles. The molecule has 1 heterocycles. The normalized spacial score (nSPS) is 18.1. The Bertz CT molecular complexity index is 462. The summed E-state index contributed by atoms with van der Waals surface area (Å²) in [5, 5.41) is 14.1. The summed E-state index contributed by atoms with van der Waals surface area (Å²) in [5.41, 5.74) is 1.73. The van der Waals surface area contributed by atoms with Crippen molar-refractivity contribution in [2.75, 3.05) is 24.2 Å². The largest absolute Gasteiger partial charge is 0.380 e. The summed E-state index contributed by atoms with van der Waals surface area (Å²) in [6, 6.07) is 5.41. The van der Waals surface area contributed by atoms with Crippen LogP contribution >= 0.6 is 11.8 Å². The van der Waals surface area contributed by atoms with Crippen LogP contribution in [-0.2, 0) is 10.5 Å². The highest BCUT2D eigenvalue weighted by molar-refractivity contribution is 7.98. The smallest absolute Gasteiger partial charge is 0.292 e. The predicted molar refractivity (Wildman–Crippen MR) is 82.4 cm³/mol. The molecular formula is C14H20N2O3S. The van der Waals surface area contributed by atoms with Gasteiger partial charge in [-0.15, -0.1) is 0 Å². The monoisotopic (exact) mass is 296 g/mol. The number of nitro benzene ring substituents is 1. The zero-order valence-corrected chi connectivity index (χ0v) is 12.4. The molecule has 2 rings (SSSR count). The molecule has 0 bridgehead atoms. The standard InChI is InChI=1S/C14H20N2O3S/c1-2-15-13-6-5-11(8-14(13)16(17)18)9-20-10-12-4-3-7-19-12/h5-6,8,12,15H,2-4,7,9-10H2,1H3. The molecule has 1 aliphatic rings. The minimum atomic E-state index is -0.327. The molecule has 0 radical (unpaired) electrons. The van der Waals surface area contributed by atoms with E-state index in [9.17, 15) is 10.1 Å². The van der Waals surface area contributed by atoms with Gasteiger partial charge in [-0.1, -0.05) is 6.07 Å². The number of nitrogens with zero attached hydrogens (tertiary/aromatic N) is 1. The SMILES string of the molecule is CCNc1ccc(CSCC2CCCO2)cc1[N+](=O)[O-]. The first-order valence-electron chi connectivity index (χ1n) is 6.91. The van der Waals surface area contributed by atoms with Crippen LogP contribution in [0.2, 0.25) is 0 Å². The molecule has 1 atom stereocenters. The van der Waals surface area contributed by atoms with E-state index < -0.39 is 0 Å². The number of thioether (sulfide) groups is 1. The van der Waals surface area contributed by atoms with Crippen molar-refractivity contribution in [3.63, 3.8) is 0 Å². The molecule has 1 aliphatic heterocycles. The van der Waals surface area contributed by atoms with E-state index in [0.717, 1.165) is 36.5 Å². The second-order valence-corrected chi connectivity index (χ2v) is 5.82. The van der Waals surface area contributed by atoms with Gasteiger partial charge in [-0.25, -0.2) is 0 Å². The van der Waals surface area contributed by atoms with Gasteiger partial charge in [0, 0.05) is 30.7 Å². The van der Waals surface area contributed by atoms with E-state index in [2.05, 4.69) is 5.32 Å².